The Morgan fingerprint density at radius 3 is 2.05 bits per heavy atom. The Morgan fingerprint density at radius 2 is 1.31 bits per heavy atom. The van der Waals surface area contributed by atoms with Crippen LogP contribution >= 0.6 is 0 Å². The molecule has 0 N–H and O–H groups in total. The molecule has 3 heteroatoms. The Kier molecular flexibility index (Phi) is 7.67. The van der Waals surface area contributed by atoms with Gasteiger partial charge in [0.2, 0.25) is 0 Å². The molecule has 0 bridgehead atoms. The van der Waals surface area contributed by atoms with Crippen LogP contribution in [0.2, 0.25) is 0 Å². The van der Waals surface area contributed by atoms with E-state index < -0.39 is 0 Å². The molecule has 0 amide bonds. The van der Waals surface area contributed by atoms with Crippen molar-refractivity contribution in [3.63, 3.8) is 0 Å². The van der Waals surface area contributed by atoms with Gasteiger partial charge in [-0.1, -0.05) is 90.4 Å². The predicted octanol–water partition coefficient (Wildman–Crippen LogP) is 10.1. The predicted molar refractivity (Wildman–Crippen MR) is 174 cm³/mol. The number of nitrogens with zero attached hydrogens (tertiary/aromatic N) is 2. The summed E-state index contributed by atoms with van der Waals surface area (Å²) in [6, 6.07) is 32.4. The molecule has 2 heterocycles. The van der Waals surface area contributed by atoms with Gasteiger partial charge in [0.05, 0.1) is 0 Å². The van der Waals surface area contributed by atoms with Gasteiger partial charge >= 0.3 is 0 Å². The summed E-state index contributed by atoms with van der Waals surface area (Å²) in [6.45, 7) is 18.0. The first-order valence-electron chi connectivity index (χ1n) is 14.5. The van der Waals surface area contributed by atoms with Crippen molar-refractivity contribution in [2.24, 2.45) is 0 Å². The van der Waals surface area contributed by atoms with Crippen molar-refractivity contribution in [1.29, 1.82) is 0 Å². The van der Waals surface area contributed by atoms with E-state index in [1.54, 1.807) is 0 Å². The van der Waals surface area contributed by atoms with E-state index in [0.29, 0.717) is 0 Å². The minimum Gasteiger partial charge on any atom is -0.305 e. The van der Waals surface area contributed by atoms with E-state index >= 15 is 0 Å². The number of pyridine rings is 2. The molecular weight excluding hydrogens is 689 g/mol. The molecule has 42 heavy (non-hydrogen) atoms. The molecule has 1 radical (unpaired) electrons. The first-order chi connectivity index (χ1) is 19.4. The quantitative estimate of drug-likeness (QED) is 0.125. The van der Waals surface area contributed by atoms with E-state index in [4.69, 9.17) is 0 Å². The van der Waals surface area contributed by atoms with Gasteiger partial charge in [-0.2, -0.15) is 0 Å². The summed E-state index contributed by atoms with van der Waals surface area (Å²) in [4.78, 5) is 9.20. The second-order valence-electron chi connectivity index (χ2n) is 13.8. The zero-order valence-corrected chi connectivity index (χ0v) is 28.2. The van der Waals surface area contributed by atoms with Crippen LogP contribution in [0.15, 0.2) is 85.2 Å². The van der Waals surface area contributed by atoms with Gasteiger partial charge in [-0.05, 0) is 61.6 Å². The maximum atomic E-state index is 4.69. The maximum Gasteiger partial charge on any atom is 0.0164 e. The van der Waals surface area contributed by atoms with Gasteiger partial charge in [0, 0.05) is 37.9 Å². The Hall–Kier alpha value is -3.39. The summed E-state index contributed by atoms with van der Waals surface area (Å²) < 4.78 is 0. The number of rotatable bonds is 1. The summed E-state index contributed by atoms with van der Waals surface area (Å²) in [5.41, 5.74) is 8.91. The van der Waals surface area contributed by atoms with E-state index in [1.165, 1.54) is 43.8 Å². The topological polar surface area (TPSA) is 25.8 Å². The van der Waals surface area contributed by atoms with Gasteiger partial charge in [0.25, 0.3) is 0 Å². The SMILES string of the molecule is CC(C)(C)c1cc[c-]c(-c2cc(C(C)(C)C)ccn2)c1.CC1(C)c2cccc3c4ccc[c-]c4c4nccc1c4c23.[Ir]. The third-order valence-corrected chi connectivity index (χ3v) is 8.56. The molecule has 1 aliphatic rings. The molecule has 0 saturated heterocycles. The van der Waals surface area contributed by atoms with E-state index in [2.05, 4.69) is 138 Å². The summed E-state index contributed by atoms with van der Waals surface area (Å²) in [5.74, 6) is 0. The van der Waals surface area contributed by atoms with Crippen LogP contribution in [0, 0.1) is 12.1 Å². The molecule has 215 valence electrons. The summed E-state index contributed by atoms with van der Waals surface area (Å²) >= 11 is 0. The third-order valence-electron chi connectivity index (χ3n) is 8.56. The molecule has 1 aliphatic carbocycles. The number of fused-ring (bicyclic) bond motifs is 3. The molecule has 0 fully saturated rings. The van der Waals surface area contributed by atoms with Crippen LogP contribution in [0.4, 0.5) is 0 Å². The molecule has 7 rings (SSSR count). The van der Waals surface area contributed by atoms with Gasteiger partial charge in [0.1, 0.15) is 0 Å². The fourth-order valence-electron chi connectivity index (χ4n) is 6.12. The van der Waals surface area contributed by atoms with Gasteiger partial charge in [-0.15, -0.1) is 65.0 Å². The Morgan fingerprint density at radius 1 is 0.643 bits per heavy atom. The smallest absolute Gasteiger partial charge is 0.0164 e. The summed E-state index contributed by atoms with van der Waals surface area (Å²) in [6.07, 6.45) is 3.84. The molecule has 4 aromatic carbocycles. The zero-order chi connectivity index (χ0) is 29.2. The first-order valence-corrected chi connectivity index (χ1v) is 14.5. The largest absolute Gasteiger partial charge is 0.305 e. The molecule has 2 nitrogen and oxygen atoms in total. The Labute approximate surface area is 264 Å². The van der Waals surface area contributed by atoms with Crippen molar-refractivity contribution < 1.29 is 20.1 Å². The second kappa shape index (κ2) is 10.7. The van der Waals surface area contributed by atoms with Crippen LogP contribution < -0.4 is 0 Å². The van der Waals surface area contributed by atoms with E-state index in [0.717, 1.165) is 22.2 Å². The van der Waals surface area contributed by atoms with Crippen LogP contribution in [0.3, 0.4) is 0 Å². The van der Waals surface area contributed by atoms with E-state index in [9.17, 15) is 0 Å². The van der Waals surface area contributed by atoms with Crippen molar-refractivity contribution in [1.82, 2.24) is 9.97 Å². The zero-order valence-electron chi connectivity index (χ0n) is 25.8. The number of hydrogen-bond acceptors (Lipinski definition) is 2. The standard InChI is InChI=1S/C20H14N.C19H24N.Ir/c1-20(2)15-9-5-8-13-12-6-3-4-7-14(12)19-18(17(13)15)16(20)10-11-21-19;1-18(2,3)15-9-7-8-14(12-15)17-13-16(10-11-20-17)19(4,5)6;/h3-6,8-11H,1-2H3;7,9-13H,1-6H3;/q2*-1;. The fraction of sp³-hybridized carbons (Fsp3) is 0.282. The normalized spacial score (nSPS) is 13.7. The monoisotopic (exact) mass is 727 g/mol. The number of aromatic nitrogens is 2. The van der Waals surface area contributed by atoms with Crippen molar-refractivity contribution >= 4 is 32.4 Å². The average Bonchev–Trinajstić information content (AvgIpc) is 3.19. The molecule has 0 aliphatic heterocycles. The molecule has 0 spiro atoms. The van der Waals surface area contributed by atoms with Crippen LogP contribution in [0.25, 0.3) is 43.7 Å². The Balaban J connectivity index is 0.000000164. The van der Waals surface area contributed by atoms with Crippen molar-refractivity contribution in [3.8, 4) is 11.3 Å². The van der Waals surface area contributed by atoms with Crippen molar-refractivity contribution in [3.05, 3.63) is 120 Å². The fourth-order valence-corrected chi connectivity index (χ4v) is 6.12. The van der Waals surface area contributed by atoms with Crippen LogP contribution in [-0.2, 0) is 36.4 Å². The van der Waals surface area contributed by atoms with Gasteiger partial charge < -0.3 is 9.97 Å². The summed E-state index contributed by atoms with van der Waals surface area (Å²) in [7, 11) is 0. The minimum atomic E-state index is 0. The van der Waals surface area contributed by atoms with Crippen LogP contribution in [-0.4, -0.2) is 9.97 Å². The van der Waals surface area contributed by atoms with Gasteiger partial charge in [0.15, 0.2) is 0 Å². The first kappa shape index (κ1) is 30.1. The molecule has 0 atom stereocenters. The summed E-state index contributed by atoms with van der Waals surface area (Å²) in [5, 5.41) is 6.42. The molecule has 2 aromatic heterocycles. The Bertz CT molecular complexity index is 1800. The second-order valence-corrected chi connectivity index (χ2v) is 13.8. The van der Waals surface area contributed by atoms with Crippen LogP contribution in [0.5, 0.6) is 0 Å². The van der Waals surface area contributed by atoms with E-state index in [1.807, 2.05) is 24.5 Å². The van der Waals surface area contributed by atoms with E-state index in [-0.39, 0.29) is 36.4 Å². The number of hydrogen-bond donors (Lipinski definition) is 0. The van der Waals surface area contributed by atoms with Gasteiger partial charge in [-0.3, -0.25) is 0 Å². The van der Waals surface area contributed by atoms with Crippen molar-refractivity contribution in [2.75, 3.05) is 0 Å². The molecule has 0 saturated carbocycles. The molecular formula is C39H38IrN2-2. The number of benzene rings is 4. The molecule has 6 aromatic rings. The minimum absolute atomic E-state index is 0. The third kappa shape index (κ3) is 5.08. The van der Waals surface area contributed by atoms with Gasteiger partial charge in [-0.25, -0.2) is 0 Å². The van der Waals surface area contributed by atoms with Crippen LogP contribution in [0.1, 0.15) is 77.6 Å². The average molecular weight is 727 g/mol. The molecule has 0 unspecified atom stereocenters. The maximum absolute atomic E-state index is 4.69. The van der Waals surface area contributed by atoms with Crippen molar-refractivity contribution in [2.45, 2.75) is 71.6 Å².